The van der Waals surface area contributed by atoms with Crippen molar-refractivity contribution in [3.63, 3.8) is 0 Å². The van der Waals surface area contributed by atoms with Gasteiger partial charge in [-0.2, -0.15) is 13.2 Å². The zero-order chi connectivity index (χ0) is 27.9. The molecular formula is C27H36F4N2O5. The number of carboxylic acids is 1. The first-order valence-electron chi connectivity index (χ1n) is 13.2. The van der Waals surface area contributed by atoms with E-state index in [1.807, 2.05) is 11.8 Å². The number of piperidine rings is 1. The van der Waals surface area contributed by atoms with Crippen LogP contribution in [-0.2, 0) is 19.1 Å². The number of halogens is 4. The van der Waals surface area contributed by atoms with Crippen LogP contribution in [0.3, 0.4) is 0 Å². The molecule has 2 unspecified atom stereocenters. The van der Waals surface area contributed by atoms with Gasteiger partial charge >= 0.3 is 18.1 Å². The Labute approximate surface area is 219 Å². The topological polar surface area (TPSA) is 95.9 Å². The number of ether oxygens (including phenoxy) is 1. The number of carboxylic acid groups (broad SMARTS) is 1. The molecule has 1 saturated carbocycles. The molecule has 1 aliphatic carbocycles. The number of carbonyl (C=O) groups excluding carboxylic acids is 2. The van der Waals surface area contributed by atoms with Gasteiger partial charge in [-0.25, -0.2) is 9.18 Å². The average molecular weight is 545 g/mol. The lowest BCUT2D eigenvalue weighted by Gasteiger charge is -2.46. The molecule has 1 aromatic rings. The lowest BCUT2D eigenvalue weighted by molar-refractivity contribution is -0.192. The first-order chi connectivity index (χ1) is 18.0. The normalized spacial score (nSPS) is 23.8. The van der Waals surface area contributed by atoms with E-state index in [0.717, 1.165) is 24.9 Å². The first kappa shape index (κ1) is 29.9. The van der Waals surface area contributed by atoms with Gasteiger partial charge in [0, 0.05) is 32.1 Å². The van der Waals surface area contributed by atoms with Crippen LogP contribution in [0.5, 0.6) is 0 Å². The van der Waals surface area contributed by atoms with Crippen LogP contribution >= 0.6 is 0 Å². The van der Waals surface area contributed by atoms with E-state index in [2.05, 4.69) is 5.32 Å². The van der Waals surface area contributed by atoms with E-state index in [9.17, 15) is 27.2 Å². The summed E-state index contributed by atoms with van der Waals surface area (Å²) in [6.07, 6.45) is 2.10. The number of alkyl halides is 3. The van der Waals surface area contributed by atoms with E-state index >= 15 is 0 Å². The Morgan fingerprint density at radius 3 is 2.16 bits per heavy atom. The number of nitrogens with one attached hydrogen (secondary N) is 1. The van der Waals surface area contributed by atoms with Crippen molar-refractivity contribution in [3.8, 4) is 0 Å². The predicted molar refractivity (Wildman–Crippen MR) is 131 cm³/mol. The molecule has 2 saturated heterocycles. The van der Waals surface area contributed by atoms with Gasteiger partial charge in [0.25, 0.3) is 0 Å². The predicted octanol–water partition coefficient (Wildman–Crippen LogP) is 4.51. The zero-order valence-corrected chi connectivity index (χ0v) is 21.6. The highest BCUT2D eigenvalue weighted by atomic mass is 19.4. The SMILES string of the molecule is CCOC(=O)C1(C2CCCCC2)CCN(C(=O)C2CNCC2c2ccc(F)cc2)CC1.O=C(O)C(F)(F)F. The van der Waals surface area contributed by atoms with Crippen molar-refractivity contribution < 1.29 is 41.8 Å². The van der Waals surface area contributed by atoms with Crippen LogP contribution in [-0.4, -0.2) is 66.8 Å². The molecular weight excluding hydrogens is 508 g/mol. The molecule has 7 nitrogen and oxygen atoms in total. The summed E-state index contributed by atoms with van der Waals surface area (Å²) < 4.78 is 50.6. The third kappa shape index (κ3) is 7.03. The van der Waals surface area contributed by atoms with E-state index in [4.69, 9.17) is 14.6 Å². The highest BCUT2D eigenvalue weighted by Gasteiger charge is 2.50. The van der Waals surface area contributed by atoms with Crippen molar-refractivity contribution >= 4 is 17.8 Å². The number of aliphatic carboxylic acids is 1. The fourth-order valence-electron chi connectivity index (χ4n) is 6.07. The van der Waals surface area contributed by atoms with Crippen LogP contribution in [0, 0.1) is 23.1 Å². The maximum Gasteiger partial charge on any atom is 0.490 e. The van der Waals surface area contributed by atoms with Crippen molar-refractivity contribution in [1.82, 2.24) is 10.2 Å². The maximum absolute atomic E-state index is 13.4. The van der Waals surface area contributed by atoms with Crippen LogP contribution in [0.4, 0.5) is 17.6 Å². The van der Waals surface area contributed by atoms with Gasteiger partial charge in [-0.15, -0.1) is 0 Å². The lowest BCUT2D eigenvalue weighted by Crippen LogP contribution is -2.52. The Kier molecular flexibility index (Phi) is 10.1. The molecule has 4 rings (SSSR count). The van der Waals surface area contributed by atoms with E-state index in [1.165, 1.54) is 31.4 Å². The fourth-order valence-corrected chi connectivity index (χ4v) is 6.07. The van der Waals surface area contributed by atoms with Gasteiger partial charge in [-0.05, 0) is 56.2 Å². The molecule has 2 heterocycles. The van der Waals surface area contributed by atoms with E-state index < -0.39 is 17.6 Å². The second-order valence-electron chi connectivity index (χ2n) is 10.3. The smallest absolute Gasteiger partial charge is 0.475 e. The third-order valence-corrected chi connectivity index (χ3v) is 8.11. The van der Waals surface area contributed by atoms with Crippen molar-refractivity contribution in [2.24, 2.45) is 17.3 Å². The molecule has 1 amide bonds. The second kappa shape index (κ2) is 12.9. The minimum atomic E-state index is -5.08. The number of esters is 1. The Morgan fingerprint density at radius 1 is 1.05 bits per heavy atom. The highest BCUT2D eigenvalue weighted by Crippen LogP contribution is 2.47. The van der Waals surface area contributed by atoms with Crippen molar-refractivity contribution in [3.05, 3.63) is 35.6 Å². The Bertz CT molecular complexity index is 955. The number of likely N-dealkylation sites (tertiary alicyclic amines) is 1. The average Bonchev–Trinajstić information content (AvgIpc) is 3.39. The van der Waals surface area contributed by atoms with Gasteiger partial charge in [0.2, 0.25) is 5.91 Å². The van der Waals surface area contributed by atoms with Gasteiger partial charge in [0.15, 0.2) is 0 Å². The minimum absolute atomic E-state index is 0.0549. The molecule has 3 aliphatic rings. The molecule has 1 aromatic carbocycles. The monoisotopic (exact) mass is 544 g/mol. The molecule has 0 radical (unpaired) electrons. The van der Waals surface area contributed by atoms with Crippen LogP contribution < -0.4 is 5.32 Å². The quantitative estimate of drug-likeness (QED) is 0.418. The fraction of sp³-hybridized carbons (Fsp3) is 0.667. The highest BCUT2D eigenvalue weighted by molar-refractivity contribution is 5.82. The number of amides is 1. The summed E-state index contributed by atoms with van der Waals surface area (Å²) in [4.78, 5) is 37.3. The zero-order valence-electron chi connectivity index (χ0n) is 21.6. The second-order valence-corrected chi connectivity index (χ2v) is 10.3. The molecule has 2 aliphatic heterocycles. The summed E-state index contributed by atoms with van der Waals surface area (Å²) >= 11 is 0. The molecule has 2 N–H and O–H groups in total. The van der Waals surface area contributed by atoms with Gasteiger partial charge < -0.3 is 20.1 Å². The Hall–Kier alpha value is -2.69. The largest absolute Gasteiger partial charge is 0.490 e. The van der Waals surface area contributed by atoms with Gasteiger partial charge in [-0.1, -0.05) is 31.4 Å². The summed E-state index contributed by atoms with van der Waals surface area (Å²) in [6.45, 7) is 4.87. The van der Waals surface area contributed by atoms with Gasteiger partial charge in [0.1, 0.15) is 5.82 Å². The molecule has 38 heavy (non-hydrogen) atoms. The molecule has 0 spiro atoms. The number of hydrogen-bond acceptors (Lipinski definition) is 5. The third-order valence-electron chi connectivity index (χ3n) is 8.11. The van der Waals surface area contributed by atoms with Crippen LogP contribution in [0.2, 0.25) is 0 Å². The summed E-state index contributed by atoms with van der Waals surface area (Å²) in [5.41, 5.74) is 0.571. The van der Waals surface area contributed by atoms with Crippen molar-refractivity contribution in [2.75, 3.05) is 32.8 Å². The molecule has 0 bridgehead atoms. The Balaban J connectivity index is 0.000000505. The summed E-state index contributed by atoms with van der Waals surface area (Å²) in [5, 5.41) is 10.5. The molecule has 11 heteroatoms. The van der Waals surface area contributed by atoms with Crippen molar-refractivity contribution in [1.29, 1.82) is 0 Å². The number of nitrogens with zero attached hydrogens (tertiary/aromatic N) is 1. The minimum Gasteiger partial charge on any atom is -0.475 e. The van der Waals surface area contributed by atoms with Crippen molar-refractivity contribution in [2.45, 2.75) is 64.0 Å². The van der Waals surface area contributed by atoms with E-state index in [-0.39, 0.29) is 29.5 Å². The van der Waals surface area contributed by atoms with Crippen LogP contribution in [0.15, 0.2) is 24.3 Å². The summed E-state index contributed by atoms with van der Waals surface area (Å²) in [6, 6.07) is 6.51. The van der Waals surface area contributed by atoms with Crippen LogP contribution in [0.25, 0.3) is 0 Å². The van der Waals surface area contributed by atoms with Gasteiger partial charge in [-0.3, -0.25) is 9.59 Å². The maximum atomic E-state index is 13.4. The first-order valence-corrected chi connectivity index (χ1v) is 13.2. The van der Waals surface area contributed by atoms with E-state index in [1.54, 1.807) is 12.1 Å². The molecule has 3 fully saturated rings. The summed E-state index contributed by atoms with van der Waals surface area (Å²) in [7, 11) is 0. The van der Waals surface area contributed by atoms with E-state index in [0.29, 0.717) is 45.0 Å². The standard InChI is InChI=1S/C25H35FN2O3.C2HF3O2/c1-2-31-24(30)25(19-6-4-3-5-7-19)12-14-28(15-13-25)23(29)22-17-27-16-21(22)18-8-10-20(26)11-9-18;3-2(4,5)1(6)7/h8-11,19,21-22,27H,2-7,12-17H2,1H3;(H,6,7). The molecule has 0 aromatic heterocycles. The number of rotatable bonds is 5. The number of hydrogen-bond donors (Lipinski definition) is 2. The number of benzene rings is 1. The lowest BCUT2D eigenvalue weighted by atomic mass is 9.63. The Morgan fingerprint density at radius 2 is 1.63 bits per heavy atom. The van der Waals surface area contributed by atoms with Gasteiger partial charge in [0.05, 0.1) is 17.9 Å². The number of carbonyl (C=O) groups is 3. The molecule has 212 valence electrons. The molecule has 2 atom stereocenters. The van der Waals surface area contributed by atoms with Crippen LogP contribution in [0.1, 0.15) is 63.4 Å². The summed E-state index contributed by atoms with van der Waals surface area (Å²) in [5.74, 6) is -2.63.